The maximum Gasteiger partial charge on any atom is 0.164 e. The van der Waals surface area contributed by atoms with Gasteiger partial charge in [-0.25, -0.2) is 24.9 Å². The molecule has 6 nitrogen and oxygen atoms in total. The molecule has 0 saturated heterocycles. The summed E-state index contributed by atoms with van der Waals surface area (Å²) in [5.74, 6) is 2.42. The summed E-state index contributed by atoms with van der Waals surface area (Å²) in [6, 6.07) is 75.8. The summed E-state index contributed by atoms with van der Waals surface area (Å²) < 4.78 is 0. The number of hydrogen-bond acceptors (Lipinski definition) is 6. The van der Waals surface area contributed by atoms with Gasteiger partial charge in [-0.1, -0.05) is 188 Å². The van der Waals surface area contributed by atoms with Crippen LogP contribution in [-0.4, -0.2) is 24.9 Å². The van der Waals surface area contributed by atoms with Gasteiger partial charge in [0.2, 0.25) is 0 Å². The SMILES string of the molecule is N#Cc1ccc(-c2ccc(-c3cccc(-c4cc(-c5ccccc5)nc(-c5ccccc5)n4)c3)c(-c3ccccc3-c3nc(-c4ccccc4)nc(-c4ccccc4)n3)c2)cc1. The Balaban J connectivity index is 1.16. The highest BCUT2D eigenvalue weighted by atomic mass is 15.0. The van der Waals surface area contributed by atoms with Crippen molar-refractivity contribution in [2.75, 3.05) is 0 Å². The third-order valence-electron chi connectivity index (χ3n) is 10.8. The Bertz CT molecular complexity index is 3100. The predicted molar refractivity (Wildman–Crippen MR) is 249 cm³/mol. The van der Waals surface area contributed by atoms with Gasteiger partial charge in [-0.2, -0.15) is 5.26 Å². The van der Waals surface area contributed by atoms with E-state index >= 15 is 0 Å². The van der Waals surface area contributed by atoms with Gasteiger partial charge in [0.15, 0.2) is 23.3 Å². The quantitative estimate of drug-likeness (QED) is 0.145. The van der Waals surface area contributed by atoms with E-state index in [1.807, 2.05) is 140 Å². The van der Waals surface area contributed by atoms with Gasteiger partial charge in [0.25, 0.3) is 0 Å². The zero-order valence-corrected chi connectivity index (χ0v) is 33.5. The molecule has 10 aromatic rings. The standard InChI is InChI=1S/C56H36N6/c57-37-38-28-30-39(31-29-38)44-32-33-47(45-24-15-25-46(34-45)52-36-51(40-16-5-1-6-17-40)58-53(59-52)41-18-7-2-8-19-41)50(35-44)48-26-13-14-27-49(48)56-61-54(42-20-9-3-10-21-42)60-55(62-56)43-22-11-4-12-23-43/h1-36H. The Morgan fingerprint density at radius 1 is 0.258 bits per heavy atom. The van der Waals surface area contributed by atoms with Crippen molar-refractivity contribution < 1.29 is 0 Å². The van der Waals surface area contributed by atoms with E-state index in [-0.39, 0.29) is 0 Å². The molecule has 8 aromatic carbocycles. The summed E-state index contributed by atoms with van der Waals surface area (Å²) >= 11 is 0. The zero-order valence-electron chi connectivity index (χ0n) is 33.5. The molecule has 2 heterocycles. The first-order valence-corrected chi connectivity index (χ1v) is 20.4. The molecule has 0 spiro atoms. The number of benzene rings is 8. The highest BCUT2D eigenvalue weighted by Gasteiger charge is 2.19. The monoisotopic (exact) mass is 792 g/mol. The second kappa shape index (κ2) is 16.9. The number of nitrogens with zero attached hydrogens (tertiary/aromatic N) is 6. The summed E-state index contributed by atoms with van der Waals surface area (Å²) in [4.78, 5) is 25.4. The number of aromatic nitrogens is 5. The zero-order chi connectivity index (χ0) is 41.7. The first kappa shape index (κ1) is 37.6. The van der Waals surface area contributed by atoms with Crippen molar-refractivity contribution in [3.05, 3.63) is 224 Å². The summed E-state index contributed by atoms with van der Waals surface area (Å²) in [5.41, 5.74) is 13.9. The lowest BCUT2D eigenvalue weighted by Gasteiger charge is -2.17. The molecule has 2 aromatic heterocycles. The van der Waals surface area contributed by atoms with E-state index in [0.29, 0.717) is 28.9 Å². The van der Waals surface area contributed by atoms with Crippen molar-refractivity contribution in [1.29, 1.82) is 5.26 Å². The normalized spacial score (nSPS) is 10.9. The van der Waals surface area contributed by atoms with E-state index < -0.39 is 0 Å². The van der Waals surface area contributed by atoms with Crippen molar-refractivity contribution in [3.63, 3.8) is 0 Å². The van der Waals surface area contributed by atoms with Crippen LogP contribution in [-0.2, 0) is 0 Å². The minimum absolute atomic E-state index is 0.569. The van der Waals surface area contributed by atoms with Crippen LogP contribution in [0, 0.1) is 11.3 Å². The highest BCUT2D eigenvalue weighted by Crippen LogP contribution is 2.41. The molecule has 0 unspecified atom stereocenters. The summed E-state index contributed by atoms with van der Waals surface area (Å²) in [6.45, 7) is 0. The van der Waals surface area contributed by atoms with E-state index in [9.17, 15) is 5.26 Å². The second-order valence-corrected chi connectivity index (χ2v) is 14.8. The average molecular weight is 793 g/mol. The Hall–Kier alpha value is -8.66. The first-order valence-electron chi connectivity index (χ1n) is 20.4. The van der Waals surface area contributed by atoms with E-state index in [4.69, 9.17) is 24.9 Å². The Labute approximate surface area is 360 Å². The number of nitriles is 1. The molecule has 0 N–H and O–H groups in total. The first-order chi connectivity index (χ1) is 30.7. The van der Waals surface area contributed by atoms with E-state index in [1.165, 1.54) is 0 Å². The third-order valence-corrected chi connectivity index (χ3v) is 10.8. The van der Waals surface area contributed by atoms with Gasteiger partial charge < -0.3 is 0 Å². The number of rotatable bonds is 9. The maximum absolute atomic E-state index is 9.55. The minimum Gasteiger partial charge on any atom is -0.228 e. The molecular formula is C56H36N6. The van der Waals surface area contributed by atoms with Crippen LogP contribution in [0.4, 0.5) is 0 Å². The molecular weight excluding hydrogens is 757 g/mol. The van der Waals surface area contributed by atoms with Crippen molar-refractivity contribution in [2.24, 2.45) is 0 Å². The molecule has 62 heavy (non-hydrogen) atoms. The van der Waals surface area contributed by atoms with Crippen molar-refractivity contribution in [1.82, 2.24) is 24.9 Å². The van der Waals surface area contributed by atoms with Gasteiger partial charge in [-0.15, -0.1) is 0 Å². The van der Waals surface area contributed by atoms with Gasteiger partial charge in [-0.05, 0) is 63.7 Å². The van der Waals surface area contributed by atoms with E-state index in [2.05, 4.69) is 84.9 Å². The molecule has 10 rings (SSSR count). The maximum atomic E-state index is 9.55. The molecule has 0 aliphatic rings. The van der Waals surface area contributed by atoms with Crippen LogP contribution in [0.25, 0.3) is 101 Å². The lowest BCUT2D eigenvalue weighted by atomic mass is 9.88. The molecule has 6 heteroatoms. The molecule has 0 radical (unpaired) electrons. The molecule has 0 saturated carbocycles. The van der Waals surface area contributed by atoms with Gasteiger partial charge >= 0.3 is 0 Å². The second-order valence-electron chi connectivity index (χ2n) is 14.8. The summed E-state index contributed by atoms with van der Waals surface area (Å²) in [5, 5.41) is 9.55. The fourth-order valence-corrected chi connectivity index (χ4v) is 7.69. The van der Waals surface area contributed by atoms with Crippen LogP contribution in [0.5, 0.6) is 0 Å². The molecule has 0 aliphatic heterocycles. The molecule has 0 fully saturated rings. The van der Waals surface area contributed by atoms with Crippen LogP contribution in [0.3, 0.4) is 0 Å². The van der Waals surface area contributed by atoms with Gasteiger partial charge in [0.05, 0.1) is 23.0 Å². The average Bonchev–Trinajstić information content (AvgIpc) is 3.37. The van der Waals surface area contributed by atoms with Crippen LogP contribution < -0.4 is 0 Å². The number of hydrogen-bond donors (Lipinski definition) is 0. The highest BCUT2D eigenvalue weighted by molar-refractivity contribution is 5.94. The Morgan fingerprint density at radius 3 is 1.29 bits per heavy atom. The van der Waals surface area contributed by atoms with Crippen molar-refractivity contribution >= 4 is 0 Å². The van der Waals surface area contributed by atoms with Crippen LogP contribution >= 0.6 is 0 Å². The molecule has 0 bridgehead atoms. The Morgan fingerprint density at radius 2 is 0.710 bits per heavy atom. The fourth-order valence-electron chi connectivity index (χ4n) is 7.69. The van der Waals surface area contributed by atoms with Crippen LogP contribution in [0.1, 0.15) is 5.56 Å². The molecule has 0 atom stereocenters. The molecule has 0 aliphatic carbocycles. The van der Waals surface area contributed by atoms with E-state index in [1.54, 1.807) is 0 Å². The Kier molecular flexibility index (Phi) is 10.3. The topological polar surface area (TPSA) is 88.2 Å². The summed E-state index contributed by atoms with van der Waals surface area (Å²) in [6.07, 6.45) is 0. The molecule has 0 amide bonds. The van der Waals surface area contributed by atoms with E-state index in [0.717, 1.165) is 78.1 Å². The lowest BCUT2D eigenvalue weighted by Crippen LogP contribution is -2.01. The third kappa shape index (κ3) is 7.78. The fraction of sp³-hybridized carbons (Fsp3) is 0. The molecule has 290 valence electrons. The van der Waals surface area contributed by atoms with Gasteiger partial charge in [0, 0.05) is 33.4 Å². The van der Waals surface area contributed by atoms with Crippen LogP contribution in [0.2, 0.25) is 0 Å². The van der Waals surface area contributed by atoms with Gasteiger partial charge in [-0.3, -0.25) is 0 Å². The predicted octanol–water partition coefficient (Wildman–Crippen LogP) is 13.5. The smallest absolute Gasteiger partial charge is 0.164 e. The van der Waals surface area contributed by atoms with Gasteiger partial charge in [0.1, 0.15) is 0 Å². The summed E-state index contributed by atoms with van der Waals surface area (Å²) in [7, 11) is 0. The lowest BCUT2D eigenvalue weighted by molar-refractivity contribution is 1.07. The minimum atomic E-state index is 0.569. The van der Waals surface area contributed by atoms with Crippen molar-refractivity contribution in [2.45, 2.75) is 0 Å². The van der Waals surface area contributed by atoms with Crippen LogP contribution in [0.15, 0.2) is 218 Å². The van der Waals surface area contributed by atoms with Crippen molar-refractivity contribution in [3.8, 4) is 108 Å². The largest absolute Gasteiger partial charge is 0.228 e.